The van der Waals surface area contributed by atoms with Crippen molar-refractivity contribution >= 4 is 23.4 Å². The van der Waals surface area contributed by atoms with E-state index in [9.17, 15) is 4.39 Å². The summed E-state index contributed by atoms with van der Waals surface area (Å²) in [6.45, 7) is 0. The van der Waals surface area contributed by atoms with Crippen molar-refractivity contribution in [2.75, 3.05) is 11.1 Å². The summed E-state index contributed by atoms with van der Waals surface area (Å²) < 4.78 is 13.0. The van der Waals surface area contributed by atoms with Crippen LogP contribution in [-0.2, 0) is 0 Å². The normalized spacial score (nSPS) is 15.9. The number of benzene rings is 1. The maximum absolute atomic E-state index is 13.0. The SMILES string of the molecule is Nc1nc(Cl)cc(NC(c2ccc(F)cc2)C2CC2)n1. The van der Waals surface area contributed by atoms with Crippen molar-refractivity contribution in [1.82, 2.24) is 9.97 Å². The average Bonchev–Trinajstić information content (AvgIpc) is 3.20. The van der Waals surface area contributed by atoms with Gasteiger partial charge in [0.2, 0.25) is 5.95 Å². The van der Waals surface area contributed by atoms with Gasteiger partial charge < -0.3 is 11.1 Å². The van der Waals surface area contributed by atoms with Gasteiger partial charge in [-0.2, -0.15) is 4.98 Å². The van der Waals surface area contributed by atoms with Crippen LogP contribution >= 0.6 is 11.6 Å². The summed E-state index contributed by atoms with van der Waals surface area (Å²) in [6.07, 6.45) is 2.28. The Hall–Kier alpha value is -1.88. The van der Waals surface area contributed by atoms with Gasteiger partial charge in [0.15, 0.2) is 0 Å². The van der Waals surface area contributed by atoms with E-state index >= 15 is 0 Å². The van der Waals surface area contributed by atoms with Gasteiger partial charge >= 0.3 is 0 Å². The fourth-order valence-corrected chi connectivity index (χ4v) is 2.43. The molecule has 20 heavy (non-hydrogen) atoms. The predicted molar refractivity (Wildman–Crippen MR) is 76.9 cm³/mol. The highest BCUT2D eigenvalue weighted by Gasteiger charge is 2.32. The van der Waals surface area contributed by atoms with Crippen molar-refractivity contribution in [3.05, 3.63) is 46.9 Å². The van der Waals surface area contributed by atoms with E-state index in [2.05, 4.69) is 15.3 Å². The number of nitrogens with one attached hydrogen (secondary N) is 1. The van der Waals surface area contributed by atoms with E-state index in [4.69, 9.17) is 17.3 Å². The molecule has 1 aromatic carbocycles. The molecule has 2 aromatic rings. The molecule has 0 saturated heterocycles. The van der Waals surface area contributed by atoms with E-state index in [1.807, 2.05) is 0 Å². The minimum Gasteiger partial charge on any atom is -0.368 e. The lowest BCUT2D eigenvalue weighted by atomic mass is 10.0. The Morgan fingerprint density at radius 1 is 1.25 bits per heavy atom. The molecule has 3 N–H and O–H groups in total. The molecule has 1 fully saturated rings. The zero-order valence-corrected chi connectivity index (χ0v) is 11.4. The first-order valence-corrected chi connectivity index (χ1v) is 6.81. The van der Waals surface area contributed by atoms with E-state index in [1.165, 1.54) is 12.1 Å². The highest BCUT2D eigenvalue weighted by molar-refractivity contribution is 6.29. The zero-order chi connectivity index (χ0) is 14.1. The highest BCUT2D eigenvalue weighted by atomic mass is 35.5. The lowest BCUT2D eigenvalue weighted by Crippen LogP contribution is -2.14. The predicted octanol–water partition coefficient (Wildman–Crippen LogP) is 3.41. The van der Waals surface area contributed by atoms with Crippen LogP contribution in [0.15, 0.2) is 30.3 Å². The fourth-order valence-electron chi connectivity index (χ4n) is 2.24. The number of nitrogen functional groups attached to an aromatic ring is 1. The summed E-state index contributed by atoms with van der Waals surface area (Å²) in [5.74, 6) is 1.01. The zero-order valence-electron chi connectivity index (χ0n) is 10.7. The van der Waals surface area contributed by atoms with Gasteiger partial charge in [0, 0.05) is 6.07 Å². The monoisotopic (exact) mass is 292 g/mol. The number of hydrogen-bond acceptors (Lipinski definition) is 4. The van der Waals surface area contributed by atoms with Crippen molar-refractivity contribution in [3.8, 4) is 0 Å². The Kier molecular flexibility index (Phi) is 3.44. The molecule has 1 aliphatic carbocycles. The van der Waals surface area contributed by atoms with E-state index in [0.29, 0.717) is 16.9 Å². The molecular formula is C14H14ClFN4. The van der Waals surface area contributed by atoms with E-state index in [-0.39, 0.29) is 17.8 Å². The Morgan fingerprint density at radius 3 is 2.55 bits per heavy atom. The molecule has 0 amide bonds. The van der Waals surface area contributed by atoms with E-state index in [1.54, 1.807) is 18.2 Å². The first kappa shape index (κ1) is 13.1. The first-order valence-electron chi connectivity index (χ1n) is 6.44. The van der Waals surface area contributed by atoms with Crippen molar-refractivity contribution in [1.29, 1.82) is 0 Å². The van der Waals surface area contributed by atoms with Crippen LogP contribution in [0.4, 0.5) is 16.2 Å². The van der Waals surface area contributed by atoms with E-state index < -0.39 is 0 Å². The second kappa shape index (κ2) is 5.25. The van der Waals surface area contributed by atoms with Gasteiger partial charge in [-0.1, -0.05) is 23.7 Å². The molecular weight excluding hydrogens is 279 g/mol. The molecule has 4 nitrogen and oxygen atoms in total. The van der Waals surface area contributed by atoms with Crippen molar-refractivity contribution in [2.45, 2.75) is 18.9 Å². The minimum absolute atomic E-state index is 0.0842. The summed E-state index contributed by atoms with van der Waals surface area (Å²) in [7, 11) is 0. The molecule has 1 unspecified atom stereocenters. The third-order valence-electron chi connectivity index (χ3n) is 3.34. The number of halogens is 2. The lowest BCUT2D eigenvalue weighted by molar-refractivity contribution is 0.622. The number of nitrogens with zero attached hydrogens (tertiary/aromatic N) is 2. The molecule has 0 bridgehead atoms. The number of aromatic nitrogens is 2. The van der Waals surface area contributed by atoms with Gasteiger partial charge in [-0.15, -0.1) is 0 Å². The van der Waals surface area contributed by atoms with Crippen LogP contribution in [0.25, 0.3) is 0 Å². The fraction of sp³-hybridized carbons (Fsp3) is 0.286. The third-order valence-corrected chi connectivity index (χ3v) is 3.53. The molecule has 1 aliphatic rings. The van der Waals surface area contributed by atoms with Crippen LogP contribution in [-0.4, -0.2) is 9.97 Å². The van der Waals surface area contributed by atoms with Crippen LogP contribution in [0.3, 0.4) is 0 Å². The summed E-state index contributed by atoms with van der Waals surface area (Å²) >= 11 is 5.87. The molecule has 3 rings (SSSR count). The molecule has 104 valence electrons. The van der Waals surface area contributed by atoms with Crippen LogP contribution < -0.4 is 11.1 Å². The second-order valence-corrected chi connectivity index (χ2v) is 5.33. The smallest absolute Gasteiger partial charge is 0.223 e. The standard InChI is InChI=1S/C14H14ClFN4/c15-11-7-12(20-14(17)18-11)19-13(8-1-2-8)9-3-5-10(16)6-4-9/h3-8,13H,1-2H2,(H3,17,18,19,20). The largest absolute Gasteiger partial charge is 0.368 e. The minimum atomic E-state index is -0.238. The van der Waals surface area contributed by atoms with Crippen LogP contribution in [0, 0.1) is 11.7 Å². The average molecular weight is 293 g/mol. The molecule has 1 saturated carbocycles. The second-order valence-electron chi connectivity index (χ2n) is 4.95. The summed E-state index contributed by atoms with van der Waals surface area (Å²) in [6, 6.07) is 8.23. The molecule has 0 radical (unpaired) electrons. The molecule has 0 spiro atoms. The molecule has 1 atom stereocenters. The highest BCUT2D eigenvalue weighted by Crippen LogP contribution is 2.42. The molecule has 6 heteroatoms. The third kappa shape index (κ3) is 2.99. The number of nitrogens with two attached hydrogens (primary N) is 1. The van der Waals surface area contributed by atoms with Gasteiger partial charge in [0.05, 0.1) is 6.04 Å². The van der Waals surface area contributed by atoms with Gasteiger partial charge in [0.1, 0.15) is 16.8 Å². The number of anilines is 2. The Balaban J connectivity index is 1.86. The number of hydrogen-bond donors (Lipinski definition) is 2. The van der Waals surface area contributed by atoms with Crippen molar-refractivity contribution in [2.24, 2.45) is 5.92 Å². The Morgan fingerprint density at radius 2 is 1.95 bits per heavy atom. The van der Waals surface area contributed by atoms with Gasteiger partial charge in [0.25, 0.3) is 0 Å². The summed E-state index contributed by atoms with van der Waals surface area (Å²) in [5, 5.41) is 3.62. The maximum atomic E-state index is 13.0. The first-order chi connectivity index (χ1) is 9.61. The van der Waals surface area contributed by atoms with Crippen LogP contribution in [0.1, 0.15) is 24.4 Å². The van der Waals surface area contributed by atoms with E-state index in [0.717, 1.165) is 18.4 Å². The summed E-state index contributed by atoms with van der Waals surface area (Å²) in [5.41, 5.74) is 6.62. The Labute approximate surface area is 121 Å². The molecule has 1 heterocycles. The molecule has 0 aliphatic heterocycles. The molecule has 1 aromatic heterocycles. The number of rotatable bonds is 4. The van der Waals surface area contributed by atoms with Crippen molar-refractivity contribution < 1.29 is 4.39 Å². The van der Waals surface area contributed by atoms with Crippen molar-refractivity contribution in [3.63, 3.8) is 0 Å². The quantitative estimate of drug-likeness (QED) is 0.848. The summed E-state index contributed by atoms with van der Waals surface area (Å²) in [4.78, 5) is 7.95. The van der Waals surface area contributed by atoms with Crippen LogP contribution in [0.2, 0.25) is 5.15 Å². The lowest BCUT2D eigenvalue weighted by Gasteiger charge is -2.19. The Bertz CT molecular complexity index is 593. The van der Waals surface area contributed by atoms with Gasteiger partial charge in [-0.3, -0.25) is 0 Å². The van der Waals surface area contributed by atoms with Crippen LogP contribution in [0.5, 0.6) is 0 Å². The van der Waals surface area contributed by atoms with Gasteiger partial charge in [-0.05, 0) is 36.5 Å². The maximum Gasteiger partial charge on any atom is 0.223 e. The topological polar surface area (TPSA) is 63.8 Å². The van der Waals surface area contributed by atoms with Gasteiger partial charge in [-0.25, -0.2) is 9.37 Å².